The fourth-order valence-electron chi connectivity index (χ4n) is 2.76. The molecule has 0 fully saturated rings. The van der Waals surface area contributed by atoms with E-state index in [2.05, 4.69) is 16.0 Å². The number of nitrogens with one attached hydrogen (secondary N) is 3. The molecule has 2 amide bonds. The van der Waals surface area contributed by atoms with Gasteiger partial charge in [-0.1, -0.05) is 13.0 Å². The number of hydrogen-bond donors (Lipinski definition) is 3. The lowest BCUT2D eigenvalue weighted by Crippen LogP contribution is -2.22. The molecule has 0 saturated carbocycles. The lowest BCUT2D eigenvalue weighted by molar-refractivity contribution is -0.148. The Hall–Kier alpha value is -3.42. The third-order valence-electron chi connectivity index (χ3n) is 4.21. The number of allylic oxidation sites excluding steroid dienone is 1. The molecule has 8 heteroatoms. The van der Waals surface area contributed by atoms with Crippen LogP contribution in [0.5, 0.6) is 0 Å². The number of anilines is 3. The fourth-order valence-corrected chi connectivity index (χ4v) is 2.76. The van der Waals surface area contributed by atoms with Crippen LogP contribution in [0.15, 0.2) is 42.5 Å². The molecule has 0 aromatic heterocycles. The Morgan fingerprint density at radius 2 is 1.66 bits per heavy atom. The van der Waals surface area contributed by atoms with Gasteiger partial charge in [-0.3, -0.25) is 0 Å². The average molecular weight is 446 g/mol. The number of hydrogen-bond acceptors (Lipinski definition) is 4. The maximum absolute atomic E-state index is 13.9. The first-order valence-corrected chi connectivity index (χ1v) is 10.3. The Morgan fingerprint density at radius 3 is 2.28 bits per heavy atom. The number of halogens is 2. The van der Waals surface area contributed by atoms with Gasteiger partial charge in [0, 0.05) is 18.7 Å². The number of carbonyl (C=O) groups excluding carboxylic acids is 2. The van der Waals surface area contributed by atoms with Gasteiger partial charge in [0.1, 0.15) is 17.2 Å². The third kappa shape index (κ3) is 7.68. The van der Waals surface area contributed by atoms with Crippen LogP contribution < -0.4 is 16.0 Å². The monoisotopic (exact) mass is 445 g/mol. The van der Waals surface area contributed by atoms with E-state index in [1.807, 2.05) is 13.0 Å². The summed E-state index contributed by atoms with van der Waals surface area (Å²) in [6, 6.07) is 7.50. The molecule has 0 radical (unpaired) electrons. The van der Waals surface area contributed by atoms with Gasteiger partial charge in [-0.15, -0.1) is 0 Å². The number of benzene rings is 2. The van der Waals surface area contributed by atoms with Crippen molar-refractivity contribution in [2.75, 3.05) is 22.5 Å². The lowest BCUT2D eigenvalue weighted by atomic mass is 10.0. The van der Waals surface area contributed by atoms with Gasteiger partial charge >= 0.3 is 12.0 Å². The molecule has 2 aromatic carbocycles. The SMILES string of the molecule is CCCNc1ccc(/C(C)=C/C(=O)OC(C)(C)C)cc1NC(=O)Nc1ccc(F)cc1F. The average Bonchev–Trinajstić information content (AvgIpc) is 2.67. The molecule has 0 aliphatic rings. The number of rotatable bonds is 7. The van der Waals surface area contributed by atoms with E-state index in [-0.39, 0.29) is 5.69 Å². The zero-order chi connectivity index (χ0) is 23.9. The van der Waals surface area contributed by atoms with Gasteiger partial charge in [0.25, 0.3) is 0 Å². The minimum atomic E-state index is -0.880. The highest BCUT2D eigenvalue weighted by molar-refractivity contribution is 6.02. The summed E-state index contributed by atoms with van der Waals surface area (Å²) in [5, 5.41) is 8.26. The molecule has 0 unspecified atom stereocenters. The predicted molar refractivity (Wildman–Crippen MR) is 124 cm³/mol. The Morgan fingerprint density at radius 1 is 1.00 bits per heavy atom. The number of esters is 1. The van der Waals surface area contributed by atoms with Crippen molar-refractivity contribution in [1.82, 2.24) is 0 Å². The summed E-state index contributed by atoms with van der Waals surface area (Å²) in [6.07, 6.45) is 2.25. The molecule has 0 heterocycles. The highest BCUT2D eigenvalue weighted by Crippen LogP contribution is 2.27. The molecular weight excluding hydrogens is 416 g/mol. The molecular formula is C24H29F2N3O3. The van der Waals surface area contributed by atoms with Crippen LogP contribution in [0.25, 0.3) is 5.57 Å². The molecule has 0 atom stereocenters. The maximum atomic E-state index is 13.9. The first kappa shape index (κ1) is 24.8. The Kier molecular flexibility index (Phi) is 8.34. The second-order valence-electron chi connectivity index (χ2n) is 8.25. The Balaban J connectivity index is 2.26. The Bertz CT molecular complexity index is 1010. The molecule has 32 heavy (non-hydrogen) atoms. The maximum Gasteiger partial charge on any atom is 0.331 e. The second-order valence-corrected chi connectivity index (χ2v) is 8.25. The normalized spacial score (nSPS) is 11.7. The fraction of sp³-hybridized carbons (Fsp3) is 0.333. The quantitative estimate of drug-likeness (QED) is 0.351. The topological polar surface area (TPSA) is 79.5 Å². The van der Waals surface area contributed by atoms with E-state index >= 15 is 0 Å². The second kappa shape index (κ2) is 10.7. The van der Waals surface area contributed by atoms with Gasteiger partial charge < -0.3 is 20.7 Å². The van der Waals surface area contributed by atoms with E-state index in [0.29, 0.717) is 35.1 Å². The van der Waals surface area contributed by atoms with E-state index < -0.39 is 29.2 Å². The van der Waals surface area contributed by atoms with Crippen molar-refractivity contribution in [2.24, 2.45) is 0 Å². The van der Waals surface area contributed by atoms with Crippen molar-refractivity contribution in [1.29, 1.82) is 0 Å². The number of carbonyl (C=O) groups is 2. The van der Waals surface area contributed by atoms with Crippen LogP contribution in [0, 0.1) is 11.6 Å². The standard InChI is InChI=1S/C24H29F2N3O3/c1-6-11-27-20-9-7-16(15(2)12-22(30)32-24(3,4)5)13-21(20)29-23(31)28-19-10-8-17(25)14-18(19)26/h7-10,12-14,27H,6,11H2,1-5H3,(H2,28,29,31)/b15-12+. The van der Waals surface area contributed by atoms with Gasteiger partial charge in [-0.05, 0) is 69.5 Å². The molecule has 0 saturated heterocycles. The van der Waals surface area contributed by atoms with Crippen LogP contribution in [0.4, 0.5) is 30.6 Å². The van der Waals surface area contributed by atoms with Crippen molar-refractivity contribution < 1.29 is 23.1 Å². The molecule has 3 N–H and O–H groups in total. The summed E-state index contributed by atoms with van der Waals surface area (Å²) in [4.78, 5) is 24.6. The van der Waals surface area contributed by atoms with Gasteiger partial charge in [-0.2, -0.15) is 0 Å². The van der Waals surface area contributed by atoms with Gasteiger partial charge in [0.05, 0.1) is 17.1 Å². The van der Waals surface area contributed by atoms with Crippen LogP contribution >= 0.6 is 0 Å². The molecule has 172 valence electrons. The van der Waals surface area contributed by atoms with Gasteiger partial charge in [0.15, 0.2) is 0 Å². The number of ether oxygens (including phenoxy) is 1. The van der Waals surface area contributed by atoms with E-state index in [4.69, 9.17) is 4.74 Å². The molecule has 2 rings (SSSR count). The van der Waals surface area contributed by atoms with Crippen molar-refractivity contribution in [3.8, 4) is 0 Å². The lowest BCUT2D eigenvalue weighted by Gasteiger charge is -2.18. The molecule has 0 aliphatic heterocycles. The molecule has 0 aliphatic carbocycles. The highest BCUT2D eigenvalue weighted by atomic mass is 19.1. The van der Waals surface area contributed by atoms with E-state index in [9.17, 15) is 18.4 Å². The zero-order valence-corrected chi connectivity index (χ0v) is 18.9. The molecule has 0 spiro atoms. The largest absolute Gasteiger partial charge is 0.457 e. The van der Waals surface area contributed by atoms with Crippen molar-refractivity contribution in [3.05, 3.63) is 59.7 Å². The smallest absolute Gasteiger partial charge is 0.331 e. The summed E-state index contributed by atoms with van der Waals surface area (Å²) in [6.45, 7) is 9.80. The summed E-state index contributed by atoms with van der Waals surface area (Å²) < 4.78 is 32.3. The number of urea groups is 1. The summed E-state index contributed by atoms with van der Waals surface area (Å²) in [5.74, 6) is -2.09. The van der Waals surface area contributed by atoms with Gasteiger partial charge in [-0.25, -0.2) is 18.4 Å². The van der Waals surface area contributed by atoms with Crippen LogP contribution in [0.2, 0.25) is 0 Å². The minimum absolute atomic E-state index is 0.149. The van der Waals surface area contributed by atoms with Crippen molar-refractivity contribution in [3.63, 3.8) is 0 Å². The Labute approximate surface area is 187 Å². The van der Waals surface area contributed by atoms with E-state index in [1.54, 1.807) is 39.8 Å². The van der Waals surface area contributed by atoms with Crippen molar-refractivity contribution in [2.45, 2.75) is 46.6 Å². The van der Waals surface area contributed by atoms with Crippen LogP contribution in [0.3, 0.4) is 0 Å². The van der Waals surface area contributed by atoms with Crippen molar-refractivity contribution >= 4 is 34.6 Å². The van der Waals surface area contributed by atoms with Crippen LogP contribution in [-0.2, 0) is 9.53 Å². The number of amides is 2. The van der Waals surface area contributed by atoms with E-state index in [0.717, 1.165) is 18.6 Å². The van der Waals surface area contributed by atoms with E-state index in [1.165, 1.54) is 6.08 Å². The molecule has 2 aromatic rings. The minimum Gasteiger partial charge on any atom is -0.457 e. The summed E-state index contributed by atoms with van der Waals surface area (Å²) in [5.41, 5.74) is 1.69. The third-order valence-corrected chi connectivity index (χ3v) is 4.21. The first-order chi connectivity index (χ1) is 15.0. The molecule has 0 bridgehead atoms. The molecule has 6 nitrogen and oxygen atoms in total. The zero-order valence-electron chi connectivity index (χ0n) is 18.9. The first-order valence-electron chi connectivity index (χ1n) is 10.3. The summed E-state index contributed by atoms with van der Waals surface area (Å²) in [7, 11) is 0. The van der Waals surface area contributed by atoms with Crippen LogP contribution in [-0.4, -0.2) is 24.1 Å². The predicted octanol–water partition coefficient (Wildman–Crippen LogP) is 6.18. The van der Waals surface area contributed by atoms with Gasteiger partial charge in [0.2, 0.25) is 0 Å². The summed E-state index contributed by atoms with van der Waals surface area (Å²) >= 11 is 0. The highest BCUT2D eigenvalue weighted by Gasteiger charge is 2.16. The van der Waals surface area contributed by atoms with Crippen LogP contribution in [0.1, 0.15) is 46.6 Å².